The van der Waals surface area contributed by atoms with E-state index in [0.29, 0.717) is 19.7 Å². The molecule has 1 aliphatic heterocycles. The van der Waals surface area contributed by atoms with Crippen LogP contribution in [0.15, 0.2) is 11.6 Å². The average molecular weight is 331 g/mol. The largest absolute Gasteiger partial charge is 0.396 e. The van der Waals surface area contributed by atoms with E-state index in [9.17, 15) is 15.2 Å². The molecule has 1 fully saturated rings. The van der Waals surface area contributed by atoms with Crippen molar-refractivity contribution in [3.63, 3.8) is 0 Å². The third-order valence-electron chi connectivity index (χ3n) is 4.61. The van der Waals surface area contributed by atoms with Gasteiger partial charge in [-0.05, 0) is 38.0 Å². The average Bonchev–Trinajstić information content (AvgIpc) is 3.16. The Kier molecular flexibility index (Phi) is 6.18. The highest BCUT2D eigenvalue weighted by Gasteiger charge is 2.27. The normalized spacial score (nSPS) is 18.0. The zero-order valence-corrected chi connectivity index (χ0v) is 14.6. The SMILES string of the molecule is COCCn1c(C)cc(/C=C(/C#N)C(=O)N2CCC(CO)C2)c1C. The van der Waals surface area contributed by atoms with Gasteiger partial charge in [0.05, 0.1) is 6.61 Å². The van der Waals surface area contributed by atoms with Gasteiger partial charge in [0.25, 0.3) is 5.91 Å². The number of nitrogens with zero attached hydrogens (tertiary/aromatic N) is 3. The molecule has 0 saturated carbocycles. The predicted molar refractivity (Wildman–Crippen MR) is 91.1 cm³/mol. The molecule has 0 aromatic carbocycles. The fourth-order valence-corrected chi connectivity index (χ4v) is 3.13. The van der Waals surface area contributed by atoms with Gasteiger partial charge in [-0.2, -0.15) is 5.26 Å². The number of rotatable bonds is 6. The number of aliphatic hydroxyl groups is 1. The van der Waals surface area contributed by atoms with Crippen molar-refractivity contribution in [3.8, 4) is 6.07 Å². The van der Waals surface area contributed by atoms with Crippen molar-refractivity contribution in [1.29, 1.82) is 5.26 Å². The van der Waals surface area contributed by atoms with Gasteiger partial charge in [-0.3, -0.25) is 4.79 Å². The standard InChI is InChI=1S/C18H25N3O3/c1-13-8-16(14(2)21(13)6-7-24-3)9-17(10-19)18(23)20-5-4-15(11-20)12-22/h8-9,15,22H,4-7,11-12H2,1-3H3/b17-9-. The summed E-state index contributed by atoms with van der Waals surface area (Å²) in [4.78, 5) is 14.2. The first-order chi connectivity index (χ1) is 11.5. The number of carbonyl (C=O) groups is 1. The smallest absolute Gasteiger partial charge is 0.264 e. The summed E-state index contributed by atoms with van der Waals surface area (Å²) in [7, 11) is 1.66. The van der Waals surface area contributed by atoms with Crippen LogP contribution in [0.4, 0.5) is 0 Å². The topological polar surface area (TPSA) is 78.5 Å². The first kappa shape index (κ1) is 18.2. The predicted octanol–water partition coefficient (Wildman–Crippen LogP) is 1.50. The van der Waals surface area contributed by atoms with Crippen LogP contribution in [0.1, 0.15) is 23.4 Å². The summed E-state index contributed by atoms with van der Waals surface area (Å²) in [5.74, 6) is -0.136. The molecule has 0 spiro atoms. The number of carbonyl (C=O) groups excluding carboxylic acids is 1. The highest BCUT2D eigenvalue weighted by atomic mass is 16.5. The lowest BCUT2D eigenvalue weighted by Gasteiger charge is -2.15. The number of aryl methyl sites for hydroxylation is 1. The zero-order valence-electron chi connectivity index (χ0n) is 14.6. The van der Waals surface area contributed by atoms with Gasteiger partial charge in [-0.25, -0.2) is 0 Å². The number of aromatic nitrogens is 1. The lowest BCUT2D eigenvalue weighted by molar-refractivity contribution is -0.125. The maximum atomic E-state index is 12.5. The molecule has 1 N–H and O–H groups in total. The van der Waals surface area contributed by atoms with Crippen molar-refractivity contribution in [1.82, 2.24) is 9.47 Å². The van der Waals surface area contributed by atoms with Crippen LogP contribution in [-0.2, 0) is 16.1 Å². The number of aliphatic hydroxyl groups excluding tert-OH is 1. The molecule has 1 atom stereocenters. The van der Waals surface area contributed by atoms with Gasteiger partial charge in [0.1, 0.15) is 11.6 Å². The van der Waals surface area contributed by atoms with Crippen LogP contribution in [0.3, 0.4) is 0 Å². The number of amides is 1. The van der Waals surface area contributed by atoms with Gasteiger partial charge < -0.3 is 19.3 Å². The Hall–Kier alpha value is -2.10. The molecule has 6 heteroatoms. The first-order valence-corrected chi connectivity index (χ1v) is 8.19. The molecular weight excluding hydrogens is 306 g/mol. The van der Waals surface area contributed by atoms with E-state index in [-0.39, 0.29) is 24.0 Å². The molecule has 1 aromatic heterocycles. The van der Waals surface area contributed by atoms with E-state index in [0.717, 1.165) is 29.9 Å². The fraction of sp³-hybridized carbons (Fsp3) is 0.556. The van der Waals surface area contributed by atoms with Crippen LogP contribution >= 0.6 is 0 Å². The van der Waals surface area contributed by atoms with Crippen LogP contribution in [0.5, 0.6) is 0 Å². The van der Waals surface area contributed by atoms with E-state index in [4.69, 9.17) is 4.74 Å². The number of ether oxygens (including phenoxy) is 1. The van der Waals surface area contributed by atoms with Crippen LogP contribution in [0, 0.1) is 31.1 Å². The lowest BCUT2D eigenvalue weighted by Crippen LogP contribution is -2.30. The zero-order chi connectivity index (χ0) is 17.7. The second-order valence-corrected chi connectivity index (χ2v) is 6.23. The Morgan fingerprint density at radius 1 is 1.54 bits per heavy atom. The number of methoxy groups -OCH3 is 1. The molecule has 1 amide bonds. The molecule has 1 aromatic rings. The molecule has 24 heavy (non-hydrogen) atoms. The van der Waals surface area contributed by atoms with Crippen molar-refractivity contribution >= 4 is 12.0 Å². The number of hydrogen-bond acceptors (Lipinski definition) is 4. The highest BCUT2D eigenvalue weighted by molar-refractivity contribution is 6.02. The van der Waals surface area contributed by atoms with Gasteiger partial charge in [0, 0.05) is 50.7 Å². The van der Waals surface area contributed by atoms with Crippen molar-refractivity contribution in [2.24, 2.45) is 5.92 Å². The Morgan fingerprint density at radius 3 is 2.88 bits per heavy atom. The Labute approximate surface area is 142 Å². The molecule has 2 rings (SSSR count). The molecular formula is C18H25N3O3. The fourth-order valence-electron chi connectivity index (χ4n) is 3.13. The molecule has 0 bridgehead atoms. The second kappa shape index (κ2) is 8.13. The Morgan fingerprint density at radius 2 is 2.29 bits per heavy atom. The van der Waals surface area contributed by atoms with Gasteiger partial charge in [0.2, 0.25) is 0 Å². The van der Waals surface area contributed by atoms with Crippen LogP contribution in [0.25, 0.3) is 6.08 Å². The van der Waals surface area contributed by atoms with Crippen molar-refractivity contribution in [3.05, 3.63) is 28.6 Å². The van der Waals surface area contributed by atoms with Crippen LogP contribution in [-0.4, -0.2) is 53.9 Å². The number of likely N-dealkylation sites (tertiary alicyclic amines) is 1. The van der Waals surface area contributed by atoms with Gasteiger partial charge in [-0.15, -0.1) is 0 Å². The van der Waals surface area contributed by atoms with Gasteiger partial charge in [0.15, 0.2) is 0 Å². The molecule has 2 heterocycles. The van der Waals surface area contributed by atoms with Crippen LogP contribution < -0.4 is 0 Å². The Balaban J connectivity index is 2.22. The van der Waals surface area contributed by atoms with E-state index in [2.05, 4.69) is 4.57 Å². The molecule has 1 unspecified atom stereocenters. The summed E-state index contributed by atoms with van der Waals surface area (Å²) < 4.78 is 7.24. The first-order valence-electron chi connectivity index (χ1n) is 8.19. The van der Waals surface area contributed by atoms with E-state index in [1.807, 2.05) is 26.0 Å². The lowest BCUT2D eigenvalue weighted by atomic mass is 10.1. The molecule has 0 radical (unpaired) electrons. The molecule has 0 aliphatic carbocycles. The van der Waals surface area contributed by atoms with Crippen molar-refractivity contribution in [2.75, 3.05) is 33.4 Å². The third-order valence-corrected chi connectivity index (χ3v) is 4.61. The quantitative estimate of drug-likeness (QED) is 0.633. The summed E-state index contributed by atoms with van der Waals surface area (Å²) in [6.45, 7) is 6.51. The highest BCUT2D eigenvalue weighted by Crippen LogP contribution is 2.21. The van der Waals surface area contributed by atoms with Crippen molar-refractivity contribution < 1.29 is 14.6 Å². The molecule has 1 aliphatic rings. The molecule has 6 nitrogen and oxygen atoms in total. The van der Waals surface area contributed by atoms with E-state index in [1.165, 1.54) is 0 Å². The summed E-state index contributed by atoms with van der Waals surface area (Å²) in [5, 5.41) is 18.6. The van der Waals surface area contributed by atoms with E-state index in [1.54, 1.807) is 18.1 Å². The number of hydrogen-bond donors (Lipinski definition) is 1. The number of nitriles is 1. The summed E-state index contributed by atoms with van der Waals surface area (Å²) in [5.41, 5.74) is 3.11. The maximum Gasteiger partial charge on any atom is 0.264 e. The molecule has 130 valence electrons. The molecule has 1 saturated heterocycles. The van der Waals surface area contributed by atoms with Crippen molar-refractivity contribution in [2.45, 2.75) is 26.8 Å². The van der Waals surface area contributed by atoms with Crippen LogP contribution in [0.2, 0.25) is 0 Å². The minimum absolute atomic E-state index is 0.0794. The second-order valence-electron chi connectivity index (χ2n) is 6.23. The maximum absolute atomic E-state index is 12.5. The summed E-state index contributed by atoms with van der Waals surface area (Å²) in [6.07, 6.45) is 2.45. The minimum atomic E-state index is -0.254. The van der Waals surface area contributed by atoms with E-state index >= 15 is 0 Å². The van der Waals surface area contributed by atoms with E-state index < -0.39 is 0 Å². The third kappa shape index (κ3) is 3.86. The Bertz CT molecular complexity index is 670. The summed E-state index contributed by atoms with van der Waals surface area (Å²) >= 11 is 0. The van der Waals surface area contributed by atoms with Gasteiger partial charge in [-0.1, -0.05) is 0 Å². The summed E-state index contributed by atoms with van der Waals surface area (Å²) in [6, 6.07) is 4.01. The minimum Gasteiger partial charge on any atom is -0.396 e. The van der Waals surface area contributed by atoms with Gasteiger partial charge >= 0.3 is 0 Å². The monoisotopic (exact) mass is 331 g/mol.